The second-order valence-electron chi connectivity index (χ2n) is 8.37. The lowest BCUT2D eigenvalue weighted by molar-refractivity contribution is -0.182. The molecule has 2 aromatic rings. The maximum Gasteiger partial charge on any atom is 0.413 e. The number of pyridine rings is 1. The topological polar surface area (TPSA) is 63.5 Å². The number of fused-ring (bicyclic) bond motifs is 3. The molecule has 5 heterocycles. The van der Waals surface area contributed by atoms with Gasteiger partial charge in [0, 0.05) is 31.5 Å². The molecule has 3 aliphatic rings. The fourth-order valence-corrected chi connectivity index (χ4v) is 4.65. The Balaban J connectivity index is 1.52. The summed E-state index contributed by atoms with van der Waals surface area (Å²) in [6.45, 7) is 1.89. The average Bonchev–Trinajstić information content (AvgIpc) is 3.40. The summed E-state index contributed by atoms with van der Waals surface area (Å²) in [7, 11) is 0. The number of anilines is 2. The van der Waals surface area contributed by atoms with Crippen molar-refractivity contribution in [3.8, 4) is 0 Å². The van der Waals surface area contributed by atoms with Crippen LogP contribution in [0.3, 0.4) is 0 Å². The molecule has 5 rings (SSSR count). The van der Waals surface area contributed by atoms with Gasteiger partial charge in [-0.1, -0.05) is 6.07 Å². The maximum atomic E-state index is 14.1. The maximum absolute atomic E-state index is 14.1. The Kier molecular flexibility index (Phi) is 4.32. The monoisotopic (exact) mass is 421 g/mol. The third-order valence-electron chi connectivity index (χ3n) is 6.43. The number of alkyl halides is 3. The predicted octanol–water partition coefficient (Wildman–Crippen LogP) is 2.00. The van der Waals surface area contributed by atoms with Gasteiger partial charge < -0.3 is 14.5 Å². The van der Waals surface area contributed by atoms with E-state index in [0.717, 1.165) is 23.5 Å². The lowest BCUT2D eigenvalue weighted by Crippen LogP contribution is -2.56. The first-order valence-corrected chi connectivity index (χ1v) is 10.00. The zero-order chi connectivity index (χ0) is 21.1. The molecule has 0 aliphatic carbocycles. The highest BCUT2D eigenvalue weighted by Crippen LogP contribution is 2.43. The first kappa shape index (κ1) is 19.3. The second kappa shape index (κ2) is 6.69. The van der Waals surface area contributed by atoms with E-state index in [1.807, 2.05) is 11.0 Å². The van der Waals surface area contributed by atoms with Gasteiger partial charge in [-0.25, -0.2) is 0 Å². The standard InChI is InChI=1S/C20H22F3N5O2/c1-19(20(21,22)23)12-27-17(29)8-16(26-10-15-7-14(26)11-30-15)25-18(27)28(19)6-4-13-3-2-5-24-9-13/h2-3,5,8-9,14-15H,4,6-7,10-12H2,1H3. The van der Waals surface area contributed by atoms with Crippen LogP contribution in [0.2, 0.25) is 0 Å². The molecule has 10 heteroatoms. The van der Waals surface area contributed by atoms with Crippen LogP contribution in [0, 0.1) is 0 Å². The molecule has 0 amide bonds. The minimum Gasteiger partial charge on any atom is -0.374 e. The highest BCUT2D eigenvalue weighted by molar-refractivity contribution is 5.51. The third kappa shape index (κ3) is 2.96. The number of hydrogen-bond donors (Lipinski definition) is 0. The van der Waals surface area contributed by atoms with Crippen molar-refractivity contribution >= 4 is 11.8 Å². The van der Waals surface area contributed by atoms with Crippen LogP contribution in [0.4, 0.5) is 24.9 Å². The van der Waals surface area contributed by atoms with Crippen LogP contribution in [-0.2, 0) is 17.7 Å². The quantitative estimate of drug-likeness (QED) is 0.753. The summed E-state index contributed by atoms with van der Waals surface area (Å²) in [4.78, 5) is 24.6. The Morgan fingerprint density at radius 3 is 2.83 bits per heavy atom. The first-order valence-electron chi connectivity index (χ1n) is 10.00. The second-order valence-corrected chi connectivity index (χ2v) is 8.37. The zero-order valence-electron chi connectivity index (χ0n) is 16.5. The highest BCUT2D eigenvalue weighted by Gasteiger charge is 2.59. The van der Waals surface area contributed by atoms with Crippen LogP contribution >= 0.6 is 0 Å². The molecule has 30 heavy (non-hydrogen) atoms. The smallest absolute Gasteiger partial charge is 0.374 e. The van der Waals surface area contributed by atoms with Gasteiger partial charge in [-0.2, -0.15) is 18.2 Å². The Bertz CT molecular complexity index is 1010. The fourth-order valence-electron chi connectivity index (χ4n) is 4.65. The van der Waals surface area contributed by atoms with Gasteiger partial charge in [0.2, 0.25) is 5.95 Å². The summed E-state index contributed by atoms with van der Waals surface area (Å²) in [5.74, 6) is 0.504. The SMILES string of the molecule is CC1(C(F)(F)F)Cn2c(nc(N3CC4CC3CO4)cc2=O)N1CCc1cccnc1. The van der Waals surface area contributed by atoms with Gasteiger partial charge in [0.1, 0.15) is 5.82 Å². The minimum absolute atomic E-state index is 0.0740. The zero-order valence-corrected chi connectivity index (χ0v) is 16.5. The Hall–Kier alpha value is -2.62. The van der Waals surface area contributed by atoms with E-state index < -0.39 is 23.8 Å². The summed E-state index contributed by atoms with van der Waals surface area (Å²) in [6.07, 6.45) is 0.0409. The first-order chi connectivity index (χ1) is 14.3. The summed E-state index contributed by atoms with van der Waals surface area (Å²) in [5.41, 5.74) is -1.84. The van der Waals surface area contributed by atoms with E-state index in [4.69, 9.17) is 4.74 Å². The van der Waals surface area contributed by atoms with E-state index >= 15 is 0 Å². The Labute approximate surface area is 171 Å². The van der Waals surface area contributed by atoms with Crippen LogP contribution in [0.25, 0.3) is 0 Å². The van der Waals surface area contributed by atoms with E-state index in [0.29, 0.717) is 25.4 Å². The average molecular weight is 421 g/mol. The molecule has 2 aromatic heterocycles. The minimum atomic E-state index is -4.53. The number of ether oxygens (including phenoxy) is 1. The van der Waals surface area contributed by atoms with Crippen molar-refractivity contribution in [2.45, 2.75) is 50.2 Å². The third-order valence-corrected chi connectivity index (χ3v) is 6.43. The van der Waals surface area contributed by atoms with Gasteiger partial charge in [0.25, 0.3) is 5.56 Å². The number of nitrogens with zero attached hydrogens (tertiary/aromatic N) is 5. The van der Waals surface area contributed by atoms with E-state index in [-0.39, 0.29) is 24.6 Å². The molecule has 0 aromatic carbocycles. The van der Waals surface area contributed by atoms with Crippen LogP contribution < -0.4 is 15.4 Å². The van der Waals surface area contributed by atoms with Gasteiger partial charge in [0.05, 0.1) is 25.3 Å². The predicted molar refractivity (Wildman–Crippen MR) is 104 cm³/mol. The normalized spacial score (nSPS) is 27.7. The van der Waals surface area contributed by atoms with Crippen LogP contribution in [-0.4, -0.2) is 58.1 Å². The molecule has 3 aliphatic heterocycles. The Morgan fingerprint density at radius 2 is 2.20 bits per heavy atom. The van der Waals surface area contributed by atoms with Crippen molar-refractivity contribution < 1.29 is 17.9 Å². The van der Waals surface area contributed by atoms with Gasteiger partial charge in [-0.05, 0) is 31.4 Å². The molecule has 160 valence electrons. The van der Waals surface area contributed by atoms with E-state index in [1.165, 1.54) is 11.0 Å². The molecule has 7 nitrogen and oxygen atoms in total. The van der Waals surface area contributed by atoms with Gasteiger partial charge in [-0.3, -0.25) is 14.3 Å². The summed E-state index contributed by atoms with van der Waals surface area (Å²) >= 11 is 0. The lowest BCUT2D eigenvalue weighted by Gasteiger charge is -2.37. The van der Waals surface area contributed by atoms with Crippen LogP contribution in [0.15, 0.2) is 35.4 Å². The fraction of sp³-hybridized carbons (Fsp3) is 0.550. The summed E-state index contributed by atoms with van der Waals surface area (Å²) in [5, 5.41) is 0. The molecular formula is C20H22F3N5O2. The number of halogens is 3. The van der Waals surface area contributed by atoms with Crippen molar-refractivity contribution in [2.24, 2.45) is 0 Å². The molecular weight excluding hydrogens is 399 g/mol. The number of aromatic nitrogens is 3. The number of hydrogen-bond acceptors (Lipinski definition) is 6. The van der Waals surface area contributed by atoms with Gasteiger partial charge >= 0.3 is 6.18 Å². The van der Waals surface area contributed by atoms with Crippen LogP contribution in [0.5, 0.6) is 0 Å². The molecule has 0 N–H and O–H groups in total. The van der Waals surface area contributed by atoms with Crippen molar-refractivity contribution in [1.82, 2.24) is 14.5 Å². The molecule has 0 spiro atoms. The summed E-state index contributed by atoms with van der Waals surface area (Å²) in [6, 6.07) is 5.04. The molecule has 2 fully saturated rings. The highest BCUT2D eigenvalue weighted by atomic mass is 19.4. The molecule has 3 unspecified atom stereocenters. The lowest BCUT2D eigenvalue weighted by atomic mass is 10.00. The molecule has 0 saturated carbocycles. The molecule has 3 atom stereocenters. The van der Waals surface area contributed by atoms with Gasteiger partial charge in [0.15, 0.2) is 5.54 Å². The molecule has 2 bridgehead atoms. The summed E-state index contributed by atoms with van der Waals surface area (Å²) < 4.78 is 49.1. The largest absolute Gasteiger partial charge is 0.413 e. The Morgan fingerprint density at radius 1 is 1.37 bits per heavy atom. The van der Waals surface area contributed by atoms with Crippen molar-refractivity contribution in [3.63, 3.8) is 0 Å². The molecule has 0 radical (unpaired) electrons. The molecule has 2 saturated heterocycles. The van der Waals surface area contributed by atoms with E-state index in [9.17, 15) is 18.0 Å². The van der Waals surface area contributed by atoms with Crippen molar-refractivity contribution in [3.05, 3.63) is 46.5 Å². The number of morpholine rings is 1. The number of rotatable bonds is 4. The van der Waals surface area contributed by atoms with Gasteiger partial charge in [-0.15, -0.1) is 0 Å². The van der Waals surface area contributed by atoms with E-state index in [1.54, 1.807) is 18.5 Å². The van der Waals surface area contributed by atoms with Crippen molar-refractivity contribution in [2.75, 3.05) is 29.5 Å². The van der Waals surface area contributed by atoms with Crippen molar-refractivity contribution in [1.29, 1.82) is 0 Å². The van der Waals surface area contributed by atoms with E-state index in [2.05, 4.69) is 9.97 Å². The van der Waals surface area contributed by atoms with Crippen LogP contribution in [0.1, 0.15) is 18.9 Å².